The van der Waals surface area contributed by atoms with Gasteiger partial charge < -0.3 is 15.0 Å². The van der Waals surface area contributed by atoms with Crippen LogP contribution < -0.4 is 5.32 Å². The number of amides is 2. The van der Waals surface area contributed by atoms with E-state index in [2.05, 4.69) is 5.32 Å². The Morgan fingerprint density at radius 2 is 2.00 bits per heavy atom. The molecular weight excluding hydrogens is 328 g/mol. The van der Waals surface area contributed by atoms with Crippen LogP contribution in [0.1, 0.15) is 25.3 Å². The summed E-state index contributed by atoms with van der Waals surface area (Å²) in [6, 6.07) is 9.86. The highest BCUT2D eigenvalue weighted by Gasteiger charge is 2.26. The topological polar surface area (TPSA) is 75.7 Å². The summed E-state index contributed by atoms with van der Waals surface area (Å²) in [6.07, 6.45) is -0.883. The molecule has 7 heteroatoms. The van der Waals surface area contributed by atoms with Gasteiger partial charge in [0.05, 0.1) is 0 Å². The van der Waals surface area contributed by atoms with Crippen molar-refractivity contribution in [2.24, 2.45) is 0 Å². The summed E-state index contributed by atoms with van der Waals surface area (Å²) in [7, 11) is 0. The molecule has 0 bridgehead atoms. The van der Waals surface area contributed by atoms with Gasteiger partial charge >= 0.3 is 5.97 Å². The summed E-state index contributed by atoms with van der Waals surface area (Å²) < 4.78 is 5.11. The smallest absolute Gasteiger partial charge is 0.326 e. The molecule has 0 saturated carbocycles. The van der Waals surface area contributed by atoms with Crippen LogP contribution in [0, 0.1) is 0 Å². The Morgan fingerprint density at radius 3 is 2.62 bits per heavy atom. The molecule has 0 unspecified atom stereocenters. The minimum absolute atomic E-state index is 0.107. The van der Waals surface area contributed by atoms with Crippen molar-refractivity contribution in [3.8, 4) is 0 Å². The highest BCUT2D eigenvalue weighted by atomic mass is 32.2. The lowest BCUT2D eigenvalue weighted by molar-refractivity contribution is -0.155. The number of carbonyl (C=O) groups is 3. The lowest BCUT2D eigenvalue weighted by Gasteiger charge is -2.18. The highest BCUT2D eigenvalue weighted by molar-refractivity contribution is 8.13. The third-order valence-electron chi connectivity index (χ3n) is 3.79. The number of ether oxygens (including phenoxy) is 1. The fourth-order valence-electron chi connectivity index (χ4n) is 2.31. The Balaban J connectivity index is 1.73. The molecule has 1 heterocycles. The van der Waals surface area contributed by atoms with Gasteiger partial charge in [0.2, 0.25) is 0 Å². The van der Waals surface area contributed by atoms with Gasteiger partial charge in [-0.15, -0.1) is 0 Å². The van der Waals surface area contributed by atoms with Gasteiger partial charge in [0, 0.05) is 18.8 Å². The zero-order valence-corrected chi connectivity index (χ0v) is 14.7. The van der Waals surface area contributed by atoms with Gasteiger partial charge in [-0.05, 0) is 18.4 Å². The predicted molar refractivity (Wildman–Crippen MR) is 92.8 cm³/mol. The third kappa shape index (κ3) is 5.26. The third-order valence-corrected chi connectivity index (χ3v) is 4.69. The molecular formula is C17H22N2O4S. The van der Waals surface area contributed by atoms with E-state index in [4.69, 9.17) is 4.74 Å². The Bertz CT molecular complexity index is 594. The van der Waals surface area contributed by atoms with E-state index in [1.807, 2.05) is 37.3 Å². The van der Waals surface area contributed by atoms with Crippen molar-refractivity contribution in [1.29, 1.82) is 0 Å². The average Bonchev–Trinajstić information content (AvgIpc) is 2.97. The number of hydrogen-bond donors (Lipinski definition) is 1. The van der Waals surface area contributed by atoms with Crippen molar-refractivity contribution in [2.45, 2.75) is 25.9 Å². The first kappa shape index (κ1) is 18.3. The normalized spacial score (nSPS) is 16.6. The van der Waals surface area contributed by atoms with E-state index in [9.17, 15) is 14.4 Å². The fourth-order valence-corrected chi connectivity index (χ4v) is 3.13. The molecule has 1 N–H and O–H groups in total. The van der Waals surface area contributed by atoms with Crippen LogP contribution in [-0.4, -0.2) is 53.5 Å². The zero-order chi connectivity index (χ0) is 17.5. The van der Waals surface area contributed by atoms with Crippen LogP contribution in [0.2, 0.25) is 0 Å². The van der Waals surface area contributed by atoms with Crippen molar-refractivity contribution in [3.05, 3.63) is 35.9 Å². The van der Waals surface area contributed by atoms with Crippen molar-refractivity contribution in [1.82, 2.24) is 10.2 Å². The molecule has 1 aliphatic rings. The highest BCUT2D eigenvalue weighted by Crippen LogP contribution is 2.17. The monoisotopic (exact) mass is 350 g/mol. The summed E-state index contributed by atoms with van der Waals surface area (Å²) >= 11 is 1.18. The first-order valence-electron chi connectivity index (χ1n) is 7.91. The molecule has 1 fully saturated rings. The summed E-state index contributed by atoms with van der Waals surface area (Å²) in [5.74, 6) is -0.0605. The molecule has 2 rings (SSSR count). The Morgan fingerprint density at radius 1 is 1.29 bits per heavy atom. The quantitative estimate of drug-likeness (QED) is 0.761. The van der Waals surface area contributed by atoms with Crippen LogP contribution in [0.25, 0.3) is 0 Å². The first-order chi connectivity index (χ1) is 11.5. The van der Waals surface area contributed by atoms with E-state index in [0.717, 1.165) is 5.56 Å². The van der Waals surface area contributed by atoms with Gasteiger partial charge in [-0.3, -0.25) is 14.4 Å². The van der Waals surface area contributed by atoms with Crippen LogP contribution in [-0.2, 0) is 14.3 Å². The molecule has 2 atom stereocenters. The van der Waals surface area contributed by atoms with Crippen molar-refractivity contribution in [3.63, 3.8) is 0 Å². The zero-order valence-electron chi connectivity index (χ0n) is 13.9. The van der Waals surface area contributed by atoms with E-state index < -0.39 is 12.1 Å². The Labute approximate surface area is 145 Å². The van der Waals surface area contributed by atoms with Gasteiger partial charge in [-0.2, -0.15) is 0 Å². The van der Waals surface area contributed by atoms with Crippen LogP contribution in [0.3, 0.4) is 0 Å². The minimum atomic E-state index is -0.883. The van der Waals surface area contributed by atoms with E-state index in [1.54, 1.807) is 0 Å². The van der Waals surface area contributed by atoms with Crippen LogP contribution >= 0.6 is 11.8 Å². The summed E-state index contributed by atoms with van der Waals surface area (Å²) in [5, 5.41) is 2.66. The summed E-state index contributed by atoms with van der Waals surface area (Å²) in [4.78, 5) is 36.7. The number of thioether (sulfide) groups is 1. The first-order valence-corrected chi connectivity index (χ1v) is 8.89. The number of rotatable bonds is 7. The lowest BCUT2D eigenvalue weighted by Crippen LogP contribution is -2.40. The molecule has 0 aromatic heterocycles. The van der Waals surface area contributed by atoms with Crippen LogP contribution in [0.4, 0.5) is 4.79 Å². The van der Waals surface area contributed by atoms with E-state index in [-0.39, 0.29) is 23.6 Å². The molecule has 130 valence electrons. The van der Waals surface area contributed by atoms with Gasteiger partial charge in [-0.25, -0.2) is 0 Å². The van der Waals surface area contributed by atoms with Gasteiger partial charge in [0.15, 0.2) is 6.10 Å². The Kier molecular flexibility index (Phi) is 6.66. The van der Waals surface area contributed by atoms with Crippen LogP contribution in [0.5, 0.6) is 0 Å². The largest absolute Gasteiger partial charge is 0.451 e. The average molecular weight is 350 g/mol. The summed E-state index contributed by atoms with van der Waals surface area (Å²) in [6.45, 7) is 4.44. The van der Waals surface area contributed by atoms with Crippen molar-refractivity contribution >= 4 is 28.9 Å². The van der Waals surface area contributed by atoms with Gasteiger partial charge in [0.25, 0.3) is 11.1 Å². The van der Waals surface area contributed by atoms with Crippen LogP contribution in [0.15, 0.2) is 30.3 Å². The maximum atomic E-state index is 12.0. The molecule has 0 aliphatic carbocycles. The maximum Gasteiger partial charge on any atom is 0.326 e. The molecule has 1 aromatic carbocycles. The molecule has 24 heavy (non-hydrogen) atoms. The molecule has 0 radical (unpaired) electrons. The number of benzene rings is 1. The molecule has 1 aromatic rings. The second kappa shape index (κ2) is 8.73. The second-order valence-corrected chi connectivity index (χ2v) is 6.77. The fraction of sp³-hybridized carbons (Fsp3) is 0.471. The van der Waals surface area contributed by atoms with Crippen molar-refractivity contribution in [2.75, 3.05) is 25.4 Å². The number of nitrogens with one attached hydrogen (secondary N) is 1. The standard InChI is InChI=1S/C17H22N2O4S/c1-12(14-6-4-3-5-7-14)10-18-16(21)13(2)23-15(20)11-19-8-9-24-17(19)22/h3-7,12-13H,8-11H2,1-2H3,(H,18,21)/t12-,13+/m0/s1. The van der Waals surface area contributed by atoms with E-state index >= 15 is 0 Å². The SMILES string of the molecule is C[C@@H](OC(=O)CN1CCSC1=O)C(=O)NC[C@H](C)c1ccccc1. The van der Waals surface area contributed by atoms with Gasteiger partial charge in [0.1, 0.15) is 6.54 Å². The number of nitrogens with zero attached hydrogens (tertiary/aromatic N) is 1. The molecule has 0 spiro atoms. The lowest BCUT2D eigenvalue weighted by atomic mass is 10.0. The number of carbonyl (C=O) groups excluding carboxylic acids is 3. The molecule has 6 nitrogen and oxygen atoms in total. The van der Waals surface area contributed by atoms with Gasteiger partial charge in [-0.1, -0.05) is 49.0 Å². The van der Waals surface area contributed by atoms with E-state index in [1.165, 1.54) is 23.6 Å². The Hall–Kier alpha value is -2.02. The van der Waals surface area contributed by atoms with Crippen molar-refractivity contribution < 1.29 is 19.1 Å². The number of hydrogen-bond acceptors (Lipinski definition) is 5. The summed E-state index contributed by atoms with van der Waals surface area (Å²) in [5.41, 5.74) is 1.13. The molecule has 2 amide bonds. The molecule has 1 aliphatic heterocycles. The predicted octanol–water partition coefficient (Wildman–Crippen LogP) is 2.01. The second-order valence-electron chi connectivity index (χ2n) is 5.72. The number of esters is 1. The van der Waals surface area contributed by atoms with E-state index in [0.29, 0.717) is 18.8 Å². The maximum absolute atomic E-state index is 12.0. The molecule has 1 saturated heterocycles. The minimum Gasteiger partial charge on any atom is -0.451 e.